The van der Waals surface area contributed by atoms with Crippen LogP contribution in [0.3, 0.4) is 0 Å². The second-order valence-electron chi connectivity index (χ2n) is 4.72. The van der Waals surface area contributed by atoms with Crippen molar-refractivity contribution < 1.29 is 43.2 Å². The molecule has 0 aromatic carbocycles. The van der Waals surface area contributed by atoms with Crippen LogP contribution in [0, 0.1) is 0 Å². The first-order chi connectivity index (χ1) is 10.3. The van der Waals surface area contributed by atoms with Crippen LogP contribution in [0.4, 0.5) is 0 Å². The molecule has 0 aromatic rings. The van der Waals surface area contributed by atoms with E-state index in [1.54, 1.807) is 0 Å². The third-order valence-corrected chi connectivity index (χ3v) is 2.93. The van der Waals surface area contributed by atoms with Crippen LogP contribution >= 0.6 is 0 Å². The van der Waals surface area contributed by atoms with E-state index in [1.807, 2.05) is 0 Å². The monoisotopic (exact) mass is 320 g/mol. The molecule has 126 valence electrons. The van der Waals surface area contributed by atoms with Crippen molar-refractivity contribution in [3.63, 3.8) is 0 Å². The van der Waals surface area contributed by atoms with Crippen molar-refractivity contribution in [2.45, 2.75) is 51.5 Å². The molecule has 9 nitrogen and oxygen atoms in total. The first-order valence-electron chi connectivity index (χ1n) is 6.60. The van der Waals surface area contributed by atoms with Crippen molar-refractivity contribution in [1.82, 2.24) is 0 Å². The Morgan fingerprint density at radius 1 is 1.09 bits per heavy atom. The molecule has 1 N–H and O–H groups in total. The molecule has 0 radical (unpaired) electrons. The van der Waals surface area contributed by atoms with E-state index in [9.17, 15) is 19.5 Å². The fraction of sp³-hybridized carbons (Fsp3) is 0.769. The number of carbonyl (C=O) groups is 3. The molecule has 1 rings (SSSR count). The first kappa shape index (κ1) is 18.3. The maximum absolute atomic E-state index is 11.2. The summed E-state index contributed by atoms with van der Waals surface area (Å²) in [6, 6.07) is 0. The van der Waals surface area contributed by atoms with Crippen LogP contribution in [0.2, 0.25) is 0 Å². The molecule has 1 heterocycles. The van der Waals surface area contributed by atoms with Gasteiger partial charge in [0.25, 0.3) is 0 Å². The molecule has 0 aromatic heterocycles. The summed E-state index contributed by atoms with van der Waals surface area (Å²) in [6.07, 6.45) is -5.44. The Morgan fingerprint density at radius 3 is 2.18 bits per heavy atom. The SMILES string of the molecule is CO[C@@H]1[C@@H](OC(C)=O)[C@H]([C@@H](COC(C)=O)OC(C)=O)O[C@@H]1O. The molecule has 22 heavy (non-hydrogen) atoms. The fourth-order valence-corrected chi connectivity index (χ4v) is 2.15. The van der Waals surface area contributed by atoms with E-state index in [0.29, 0.717) is 0 Å². The van der Waals surface area contributed by atoms with Gasteiger partial charge in [0, 0.05) is 27.9 Å². The highest BCUT2D eigenvalue weighted by Gasteiger charge is 2.51. The highest BCUT2D eigenvalue weighted by molar-refractivity contribution is 5.67. The van der Waals surface area contributed by atoms with Gasteiger partial charge in [-0.1, -0.05) is 0 Å². The van der Waals surface area contributed by atoms with E-state index in [-0.39, 0.29) is 6.61 Å². The number of aliphatic hydroxyl groups is 1. The minimum Gasteiger partial charge on any atom is -0.462 e. The molecule has 1 aliphatic heterocycles. The van der Waals surface area contributed by atoms with Gasteiger partial charge in [-0.05, 0) is 0 Å². The van der Waals surface area contributed by atoms with Gasteiger partial charge in [0.2, 0.25) is 0 Å². The van der Waals surface area contributed by atoms with Gasteiger partial charge in [-0.25, -0.2) is 0 Å². The lowest BCUT2D eigenvalue weighted by Crippen LogP contribution is -2.46. The van der Waals surface area contributed by atoms with Crippen LogP contribution in [0.1, 0.15) is 20.8 Å². The van der Waals surface area contributed by atoms with Crippen molar-refractivity contribution in [2.24, 2.45) is 0 Å². The maximum Gasteiger partial charge on any atom is 0.303 e. The highest BCUT2D eigenvalue weighted by atomic mass is 16.7. The number of hydrogen-bond donors (Lipinski definition) is 1. The third-order valence-electron chi connectivity index (χ3n) is 2.93. The fourth-order valence-electron chi connectivity index (χ4n) is 2.15. The molecule has 0 bridgehead atoms. The molecule has 5 atom stereocenters. The average molecular weight is 320 g/mol. The quantitative estimate of drug-likeness (QED) is 0.493. The summed E-state index contributed by atoms with van der Waals surface area (Å²) in [7, 11) is 1.31. The van der Waals surface area contributed by atoms with Gasteiger partial charge < -0.3 is 28.8 Å². The summed E-state index contributed by atoms with van der Waals surface area (Å²) in [4.78, 5) is 33.3. The predicted octanol–water partition coefficient (Wildman–Crippen LogP) is -0.855. The lowest BCUT2D eigenvalue weighted by atomic mass is 10.1. The normalized spacial score (nSPS) is 28.8. The zero-order valence-electron chi connectivity index (χ0n) is 12.8. The van der Waals surface area contributed by atoms with E-state index in [2.05, 4.69) is 0 Å². The van der Waals surface area contributed by atoms with Crippen molar-refractivity contribution in [3.8, 4) is 0 Å². The summed E-state index contributed by atoms with van der Waals surface area (Å²) in [5.74, 6) is -1.84. The molecule has 0 saturated carbocycles. The minimum atomic E-state index is -1.38. The van der Waals surface area contributed by atoms with Crippen LogP contribution in [0.5, 0.6) is 0 Å². The molecular weight excluding hydrogens is 300 g/mol. The zero-order valence-corrected chi connectivity index (χ0v) is 12.8. The molecule has 1 fully saturated rings. The zero-order chi connectivity index (χ0) is 16.9. The van der Waals surface area contributed by atoms with Crippen LogP contribution in [0.25, 0.3) is 0 Å². The van der Waals surface area contributed by atoms with Crippen LogP contribution < -0.4 is 0 Å². The van der Waals surface area contributed by atoms with Crippen LogP contribution in [-0.2, 0) is 38.1 Å². The number of ether oxygens (including phenoxy) is 5. The Kier molecular flexibility index (Phi) is 6.72. The molecule has 0 spiro atoms. The van der Waals surface area contributed by atoms with E-state index >= 15 is 0 Å². The predicted molar refractivity (Wildman–Crippen MR) is 69.4 cm³/mol. The Hall–Kier alpha value is -1.71. The highest BCUT2D eigenvalue weighted by Crippen LogP contribution is 2.28. The summed E-state index contributed by atoms with van der Waals surface area (Å²) in [5, 5.41) is 9.82. The number of aliphatic hydroxyl groups excluding tert-OH is 1. The van der Waals surface area contributed by atoms with E-state index in [1.165, 1.54) is 27.9 Å². The molecule has 0 amide bonds. The van der Waals surface area contributed by atoms with Crippen molar-refractivity contribution >= 4 is 17.9 Å². The van der Waals surface area contributed by atoms with Gasteiger partial charge in [-0.15, -0.1) is 0 Å². The van der Waals surface area contributed by atoms with Crippen molar-refractivity contribution in [3.05, 3.63) is 0 Å². The summed E-state index contributed by atoms with van der Waals surface area (Å²) < 4.78 is 25.2. The number of esters is 3. The molecule has 9 heteroatoms. The molecule has 0 aliphatic carbocycles. The maximum atomic E-state index is 11.2. The summed E-state index contributed by atoms with van der Waals surface area (Å²) >= 11 is 0. The molecule has 1 saturated heterocycles. The Balaban J connectivity index is 2.94. The third kappa shape index (κ3) is 4.93. The van der Waals surface area contributed by atoms with Crippen LogP contribution in [0.15, 0.2) is 0 Å². The number of rotatable bonds is 6. The number of carbonyl (C=O) groups excluding carboxylic acids is 3. The van der Waals surface area contributed by atoms with Gasteiger partial charge in [0.1, 0.15) is 18.8 Å². The topological polar surface area (TPSA) is 118 Å². The second kappa shape index (κ2) is 8.06. The lowest BCUT2D eigenvalue weighted by Gasteiger charge is -2.27. The van der Waals surface area contributed by atoms with Gasteiger partial charge in [0.05, 0.1) is 0 Å². The Morgan fingerprint density at radius 2 is 1.73 bits per heavy atom. The van der Waals surface area contributed by atoms with E-state index in [4.69, 9.17) is 23.7 Å². The van der Waals surface area contributed by atoms with Gasteiger partial charge in [0.15, 0.2) is 18.5 Å². The van der Waals surface area contributed by atoms with Gasteiger partial charge in [-0.2, -0.15) is 0 Å². The summed E-state index contributed by atoms with van der Waals surface area (Å²) in [5.41, 5.74) is 0. The smallest absolute Gasteiger partial charge is 0.303 e. The molecule has 1 aliphatic rings. The average Bonchev–Trinajstić information content (AvgIpc) is 2.69. The van der Waals surface area contributed by atoms with Gasteiger partial charge >= 0.3 is 17.9 Å². The lowest BCUT2D eigenvalue weighted by molar-refractivity contribution is -0.183. The molecular formula is C13H20O9. The second-order valence-corrected chi connectivity index (χ2v) is 4.72. The Labute approximate surface area is 127 Å². The van der Waals surface area contributed by atoms with E-state index in [0.717, 1.165) is 0 Å². The Bertz CT molecular complexity index is 422. The van der Waals surface area contributed by atoms with Crippen molar-refractivity contribution in [1.29, 1.82) is 0 Å². The largest absolute Gasteiger partial charge is 0.462 e. The number of methoxy groups -OCH3 is 1. The van der Waals surface area contributed by atoms with Gasteiger partial charge in [-0.3, -0.25) is 14.4 Å². The van der Waals surface area contributed by atoms with Crippen molar-refractivity contribution in [2.75, 3.05) is 13.7 Å². The first-order valence-corrected chi connectivity index (χ1v) is 6.60. The number of hydrogen-bond acceptors (Lipinski definition) is 9. The summed E-state index contributed by atoms with van der Waals surface area (Å²) in [6.45, 7) is 3.24. The standard InChI is InChI=1S/C13H20O9/c1-6(14)19-5-9(20-7(2)15)10-11(21-8(3)16)12(18-4)13(17)22-10/h9-13,17H,5H2,1-4H3/t9-,10+,11+,12-,13+/m1/s1. The van der Waals surface area contributed by atoms with Crippen LogP contribution in [-0.4, -0.2) is 67.4 Å². The minimum absolute atomic E-state index is 0.305. The molecule has 0 unspecified atom stereocenters. The van der Waals surface area contributed by atoms with E-state index < -0.39 is 48.6 Å².